The Balaban J connectivity index is 1.86. The molecule has 1 heterocycles. The minimum atomic E-state index is -0.0529. The van der Waals surface area contributed by atoms with Crippen LogP contribution in [-0.4, -0.2) is 12.7 Å². The van der Waals surface area contributed by atoms with Crippen LogP contribution in [0.5, 0.6) is 11.5 Å². The maximum absolute atomic E-state index is 6.49. The zero-order chi connectivity index (χ0) is 14.9. The van der Waals surface area contributed by atoms with E-state index in [-0.39, 0.29) is 11.6 Å². The normalized spacial score (nSPS) is 32.1. The summed E-state index contributed by atoms with van der Waals surface area (Å²) >= 11 is 0. The maximum atomic E-state index is 6.49. The van der Waals surface area contributed by atoms with Crippen molar-refractivity contribution in [1.29, 1.82) is 0 Å². The SMILES string of the molecule is CCC1CCCC2(CC1)CC(N)c1ccc(OC)cc1O2. The maximum Gasteiger partial charge on any atom is 0.128 e. The van der Waals surface area contributed by atoms with Crippen molar-refractivity contribution in [2.75, 3.05) is 7.11 Å². The van der Waals surface area contributed by atoms with Crippen LogP contribution in [0.3, 0.4) is 0 Å². The molecular formula is C18H27NO2. The van der Waals surface area contributed by atoms with E-state index in [2.05, 4.69) is 13.0 Å². The number of rotatable bonds is 2. The Morgan fingerprint density at radius 3 is 2.95 bits per heavy atom. The molecule has 2 N–H and O–H groups in total. The first-order valence-corrected chi connectivity index (χ1v) is 8.28. The van der Waals surface area contributed by atoms with Crippen molar-refractivity contribution in [3.8, 4) is 11.5 Å². The zero-order valence-corrected chi connectivity index (χ0v) is 13.2. The summed E-state index contributed by atoms with van der Waals surface area (Å²) in [4.78, 5) is 0. The van der Waals surface area contributed by atoms with E-state index in [1.165, 1.54) is 25.7 Å². The standard InChI is InChI=1S/C18H27NO2/c1-3-13-5-4-9-18(10-8-13)12-16(19)15-7-6-14(20-2)11-17(15)21-18/h6-7,11,13,16H,3-5,8-10,12,19H2,1-2H3. The molecule has 0 saturated heterocycles. The highest BCUT2D eigenvalue weighted by molar-refractivity contribution is 5.44. The molecule has 3 unspecified atom stereocenters. The van der Waals surface area contributed by atoms with Gasteiger partial charge in [-0.25, -0.2) is 0 Å². The Morgan fingerprint density at radius 2 is 2.19 bits per heavy atom. The van der Waals surface area contributed by atoms with Gasteiger partial charge in [0.25, 0.3) is 0 Å². The molecule has 2 aliphatic rings. The summed E-state index contributed by atoms with van der Waals surface area (Å²) in [6.07, 6.45) is 8.36. The van der Waals surface area contributed by atoms with E-state index in [0.29, 0.717) is 0 Å². The topological polar surface area (TPSA) is 44.5 Å². The molecule has 1 saturated carbocycles. The van der Waals surface area contributed by atoms with Crippen LogP contribution in [0.25, 0.3) is 0 Å². The molecule has 1 aromatic carbocycles. The lowest BCUT2D eigenvalue weighted by Crippen LogP contribution is -2.42. The minimum Gasteiger partial charge on any atom is -0.497 e. The van der Waals surface area contributed by atoms with Crippen LogP contribution >= 0.6 is 0 Å². The van der Waals surface area contributed by atoms with Crippen molar-refractivity contribution < 1.29 is 9.47 Å². The molecule has 1 aromatic rings. The molecule has 3 nitrogen and oxygen atoms in total. The van der Waals surface area contributed by atoms with Crippen molar-refractivity contribution in [2.24, 2.45) is 11.7 Å². The van der Waals surface area contributed by atoms with Gasteiger partial charge in [0.15, 0.2) is 0 Å². The summed E-state index contributed by atoms with van der Waals surface area (Å²) in [5.74, 6) is 2.64. The summed E-state index contributed by atoms with van der Waals surface area (Å²) in [6.45, 7) is 2.30. The average molecular weight is 289 g/mol. The zero-order valence-electron chi connectivity index (χ0n) is 13.2. The van der Waals surface area contributed by atoms with E-state index >= 15 is 0 Å². The van der Waals surface area contributed by atoms with E-state index < -0.39 is 0 Å². The van der Waals surface area contributed by atoms with E-state index in [0.717, 1.165) is 42.2 Å². The summed E-state index contributed by atoms with van der Waals surface area (Å²) < 4.78 is 11.8. The highest BCUT2D eigenvalue weighted by atomic mass is 16.5. The van der Waals surface area contributed by atoms with Gasteiger partial charge in [0, 0.05) is 24.1 Å². The molecule has 1 fully saturated rings. The Bertz CT molecular complexity index is 502. The van der Waals surface area contributed by atoms with Crippen LogP contribution in [-0.2, 0) is 0 Å². The summed E-state index contributed by atoms with van der Waals surface area (Å²) in [5.41, 5.74) is 7.51. The lowest BCUT2D eigenvalue weighted by atomic mass is 9.82. The number of hydrogen-bond acceptors (Lipinski definition) is 3. The first-order valence-electron chi connectivity index (χ1n) is 8.28. The van der Waals surface area contributed by atoms with Gasteiger partial charge in [-0.3, -0.25) is 0 Å². The van der Waals surface area contributed by atoms with E-state index in [4.69, 9.17) is 15.2 Å². The quantitative estimate of drug-likeness (QED) is 0.887. The molecule has 1 aliphatic heterocycles. The third-order valence-electron chi connectivity index (χ3n) is 5.37. The Kier molecular flexibility index (Phi) is 4.12. The fourth-order valence-corrected chi connectivity index (χ4v) is 3.99. The predicted molar refractivity (Wildman–Crippen MR) is 84.8 cm³/mol. The Labute approximate surface area is 127 Å². The molecule has 1 aliphatic carbocycles. The molecule has 1 spiro atoms. The second-order valence-corrected chi connectivity index (χ2v) is 6.70. The molecule has 0 aromatic heterocycles. The van der Waals surface area contributed by atoms with E-state index in [1.54, 1.807) is 7.11 Å². The molecule has 0 amide bonds. The first-order chi connectivity index (χ1) is 10.2. The van der Waals surface area contributed by atoms with Crippen LogP contribution in [0, 0.1) is 5.92 Å². The number of benzene rings is 1. The van der Waals surface area contributed by atoms with Gasteiger partial charge in [-0.15, -0.1) is 0 Å². The molecule has 3 heteroatoms. The van der Waals surface area contributed by atoms with Crippen molar-refractivity contribution in [3.63, 3.8) is 0 Å². The van der Waals surface area contributed by atoms with Gasteiger partial charge in [0.2, 0.25) is 0 Å². The van der Waals surface area contributed by atoms with Gasteiger partial charge >= 0.3 is 0 Å². The van der Waals surface area contributed by atoms with Crippen molar-refractivity contribution in [2.45, 2.75) is 63.5 Å². The smallest absolute Gasteiger partial charge is 0.128 e. The van der Waals surface area contributed by atoms with Gasteiger partial charge in [0.1, 0.15) is 17.1 Å². The lowest BCUT2D eigenvalue weighted by Gasteiger charge is -2.41. The van der Waals surface area contributed by atoms with Crippen LogP contribution in [0.1, 0.15) is 63.5 Å². The van der Waals surface area contributed by atoms with Gasteiger partial charge in [-0.2, -0.15) is 0 Å². The number of fused-ring (bicyclic) bond motifs is 1. The van der Waals surface area contributed by atoms with Crippen molar-refractivity contribution in [3.05, 3.63) is 23.8 Å². The number of hydrogen-bond donors (Lipinski definition) is 1. The Hall–Kier alpha value is -1.22. The van der Waals surface area contributed by atoms with Crippen LogP contribution < -0.4 is 15.2 Å². The first kappa shape index (κ1) is 14.7. The van der Waals surface area contributed by atoms with Crippen LogP contribution in [0.4, 0.5) is 0 Å². The van der Waals surface area contributed by atoms with E-state index in [9.17, 15) is 0 Å². The molecular weight excluding hydrogens is 262 g/mol. The minimum absolute atomic E-state index is 0.0529. The molecule has 0 radical (unpaired) electrons. The number of ether oxygens (including phenoxy) is 2. The molecule has 3 atom stereocenters. The van der Waals surface area contributed by atoms with Gasteiger partial charge in [-0.1, -0.05) is 25.8 Å². The number of nitrogens with two attached hydrogens (primary N) is 1. The lowest BCUT2D eigenvalue weighted by molar-refractivity contribution is 0.0201. The fourth-order valence-electron chi connectivity index (χ4n) is 3.99. The molecule has 0 bridgehead atoms. The summed E-state index contributed by atoms with van der Waals surface area (Å²) in [7, 11) is 1.69. The summed E-state index contributed by atoms with van der Waals surface area (Å²) in [5, 5.41) is 0. The largest absolute Gasteiger partial charge is 0.497 e. The Morgan fingerprint density at radius 1 is 1.33 bits per heavy atom. The van der Waals surface area contributed by atoms with Gasteiger partial charge in [0.05, 0.1) is 7.11 Å². The highest BCUT2D eigenvalue weighted by Crippen LogP contribution is 2.46. The monoisotopic (exact) mass is 289 g/mol. The highest BCUT2D eigenvalue weighted by Gasteiger charge is 2.41. The predicted octanol–water partition coefficient (Wildman–Crippen LogP) is 4.21. The second-order valence-electron chi connectivity index (χ2n) is 6.70. The molecule has 21 heavy (non-hydrogen) atoms. The van der Waals surface area contributed by atoms with Crippen LogP contribution in [0.2, 0.25) is 0 Å². The van der Waals surface area contributed by atoms with Crippen molar-refractivity contribution >= 4 is 0 Å². The summed E-state index contributed by atoms with van der Waals surface area (Å²) in [6, 6.07) is 6.10. The van der Waals surface area contributed by atoms with E-state index in [1.807, 2.05) is 12.1 Å². The molecule has 3 rings (SSSR count). The average Bonchev–Trinajstić information content (AvgIpc) is 2.69. The third kappa shape index (κ3) is 2.89. The second kappa shape index (κ2) is 5.88. The van der Waals surface area contributed by atoms with Crippen LogP contribution in [0.15, 0.2) is 18.2 Å². The number of methoxy groups -OCH3 is 1. The van der Waals surface area contributed by atoms with Crippen molar-refractivity contribution in [1.82, 2.24) is 0 Å². The fraction of sp³-hybridized carbons (Fsp3) is 0.667. The van der Waals surface area contributed by atoms with Gasteiger partial charge in [-0.05, 0) is 37.7 Å². The molecule has 116 valence electrons. The third-order valence-corrected chi connectivity index (χ3v) is 5.37. The van der Waals surface area contributed by atoms with Gasteiger partial charge < -0.3 is 15.2 Å².